The summed E-state index contributed by atoms with van der Waals surface area (Å²) in [6, 6.07) is 6.72. The Bertz CT molecular complexity index is 499. The summed E-state index contributed by atoms with van der Waals surface area (Å²) in [4.78, 5) is 14.5. The van der Waals surface area contributed by atoms with Crippen molar-refractivity contribution in [2.45, 2.75) is 44.7 Å². The van der Waals surface area contributed by atoms with Gasteiger partial charge in [-0.3, -0.25) is 4.79 Å². The Morgan fingerprint density at radius 1 is 1.32 bits per heavy atom. The number of carbonyl (C=O) groups is 1. The van der Waals surface area contributed by atoms with Crippen molar-refractivity contribution in [3.8, 4) is 0 Å². The fourth-order valence-electron chi connectivity index (χ4n) is 2.73. The van der Waals surface area contributed by atoms with Crippen LogP contribution in [-0.4, -0.2) is 24.5 Å². The number of hydrogen-bond acceptors (Lipinski definition) is 2. The highest BCUT2D eigenvalue weighted by molar-refractivity contribution is 9.10. The van der Waals surface area contributed by atoms with Crippen LogP contribution in [0.3, 0.4) is 0 Å². The van der Waals surface area contributed by atoms with Gasteiger partial charge in [0.15, 0.2) is 0 Å². The van der Waals surface area contributed by atoms with Gasteiger partial charge in [-0.05, 0) is 56.4 Å². The maximum absolute atomic E-state index is 12.6. The molecule has 0 spiro atoms. The van der Waals surface area contributed by atoms with E-state index in [-0.39, 0.29) is 11.9 Å². The lowest BCUT2D eigenvalue weighted by molar-refractivity contribution is -0.121. The number of carbonyl (C=O) groups excluding carboxylic acids is 1. The smallest absolute Gasteiger partial charge is 0.244 e. The van der Waals surface area contributed by atoms with Crippen LogP contribution >= 0.6 is 15.9 Å². The molecule has 19 heavy (non-hydrogen) atoms. The third-order valence-corrected chi connectivity index (χ3v) is 4.40. The third-order valence-electron chi connectivity index (χ3n) is 3.90. The maximum Gasteiger partial charge on any atom is 0.244 e. The predicted molar refractivity (Wildman–Crippen MR) is 80.4 cm³/mol. The van der Waals surface area contributed by atoms with E-state index in [2.05, 4.69) is 34.2 Å². The largest absolute Gasteiger partial charge is 0.311 e. The molecule has 2 fully saturated rings. The molecule has 102 valence electrons. The minimum atomic E-state index is 0.0179. The summed E-state index contributed by atoms with van der Waals surface area (Å²) in [7, 11) is 0. The summed E-state index contributed by atoms with van der Waals surface area (Å²) in [5, 5.41) is 3.47. The van der Waals surface area contributed by atoms with E-state index in [0.29, 0.717) is 6.04 Å². The summed E-state index contributed by atoms with van der Waals surface area (Å²) in [6.07, 6.45) is 4.50. The molecule has 1 heterocycles. The lowest BCUT2D eigenvalue weighted by Gasteiger charge is -2.33. The molecule has 1 aromatic rings. The van der Waals surface area contributed by atoms with Gasteiger partial charge in [0.05, 0.1) is 6.04 Å². The number of hydrogen-bond donors (Lipinski definition) is 1. The van der Waals surface area contributed by atoms with E-state index in [1.807, 2.05) is 17.0 Å². The Morgan fingerprint density at radius 3 is 2.79 bits per heavy atom. The second-order valence-electron chi connectivity index (χ2n) is 5.56. The van der Waals surface area contributed by atoms with Crippen LogP contribution in [0.5, 0.6) is 0 Å². The van der Waals surface area contributed by atoms with Gasteiger partial charge in [0, 0.05) is 22.7 Å². The normalized spacial score (nSPS) is 23.8. The number of halogens is 1. The highest BCUT2D eigenvalue weighted by Gasteiger charge is 2.34. The zero-order chi connectivity index (χ0) is 13.4. The molecule has 4 heteroatoms. The molecule has 0 bridgehead atoms. The number of piperidine rings is 1. The zero-order valence-electron chi connectivity index (χ0n) is 11.2. The van der Waals surface area contributed by atoms with E-state index in [1.165, 1.54) is 12.8 Å². The van der Waals surface area contributed by atoms with Crippen LogP contribution in [0.2, 0.25) is 0 Å². The second-order valence-corrected chi connectivity index (χ2v) is 6.47. The first-order chi connectivity index (χ1) is 9.15. The van der Waals surface area contributed by atoms with Gasteiger partial charge in [-0.2, -0.15) is 0 Å². The van der Waals surface area contributed by atoms with Crippen LogP contribution in [0.15, 0.2) is 22.7 Å². The number of anilines is 1. The van der Waals surface area contributed by atoms with Crippen LogP contribution < -0.4 is 10.2 Å². The molecule has 0 aromatic heterocycles. The van der Waals surface area contributed by atoms with E-state index in [9.17, 15) is 4.79 Å². The number of nitrogens with zero attached hydrogens (tertiary/aromatic N) is 1. The Labute approximate surface area is 122 Å². The van der Waals surface area contributed by atoms with E-state index < -0.39 is 0 Å². The summed E-state index contributed by atoms with van der Waals surface area (Å²) in [5.41, 5.74) is 2.20. The minimum Gasteiger partial charge on any atom is -0.311 e. The highest BCUT2D eigenvalue weighted by atomic mass is 79.9. The first kappa shape index (κ1) is 13.1. The molecule has 1 aliphatic carbocycles. The Balaban J connectivity index is 1.80. The van der Waals surface area contributed by atoms with Gasteiger partial charge in [0.2, 0.25) is 5.91 Å². The van der Waals surface area contributed by atoms with Gasteiger partial charge in [0.25, 0.3) is 0 Å². The van der Waals surface area contributed by atoms with E-state index in [1.54, 1.807) is 0 Å². The van der Waals surface area contributed by atoms with Gasteiger partial charge in [-0.15, -0.1) is 0 Å². The zero-order valence-corrected chi connectivity index (χ0v) is 12.7. The van der Waals surface area contributed by atoms with Gasteiger partial charge >= 0.3 is 0 Å². The van der Waals surface area contributed by atoms with Crippen LogP contribution in [0.25, 0.3) is 0 Å². The monoisotopic (exact) mass is 322 g/mol. The van der Waals surface area contributed by atoms with Crippen molar-refractivity contribution in [2.75, 3.05) is 11.4 Å². The Morgan fingerprint density at radius 2 is 2.11 bits per heavy atom. The SMILES string of the molecule is Cc1cc(Br)ccc1N1CCCC(NC2CC2)C1=O. The van der Waals surface area contributed by atoms with Crippen LogP contribution in [-0.2, 0) is 4.79 Å². The maximum atomic E-state index is 12.6. The predicted octanol–water partition coefficient (Wildman–Crippen LogP) is 3.00. The topological polar surface area (TPSA) is 32.3 Å². The summed E-state index contributed by atoms with van der Waals surface area (Å²) in [6.45, 7) is 2.90. The Hall–Kier alpha value is -0.870. The third kappa shape index (κ3) is 2.84. The molecule has 2 aliphatic rings. The van der Waals surface area contributed by atoms with Gasteiger partial charge in [-0.1, -0.05) is 15.9 Å². The average Bonchev–Trinajstić information content (AvgIpc) is 3.17. The molecular formula is C15H19BrN2O. The molecule has 1 amide bonds. The molecule has 3 rings (SSSR count). The number of amides is 1. The molecule has 0 radical (unpaired) electrons. The second kappa shape index (κ2) is 5.25. The van der Waals surface area contributed by atoms with E-state index in [4.69, 9.17) is 0 Å². The molecule has 1 aromatic carbocycles. The van der Waals surface area contributed by atoms with Crippen molar-refractivity contribution < 1.29 is 4.79 Å². The molecule has 3 nitrogen and oxygen atoms in total. The van der Waals surface area contributed by atoms with Crippen molar-refractivity contribution in [3.63, 3.8) is 0 Å². The number of aryl methyl sites for hydroxylation is 1. The molecule has 1 aliphatic heterocycles. The van der Waals surface area contributed by atoms with Crippen molar-refractivity contribution in [3.05, 3.63) is 28.2 Å². The average molecular weight is 323 g/mol. The molecule has 1 saturated heterocycles. The number of benzene rings is 1. The summed E-state index contributed by atoms with van der Waals surface area (Å²) < 4.78 is 1.06. The van der Waals surface area contributed by atoms with Gasteiger partial charge in [-0.25, -0.2) is 0 Å². The van der Waals surface area contributed by atoms with Gasteiger partial charge in [0.1, 0.15) is 0 Å². The molecule has 1 atom stereocenters. The molecule has 1 unspecified atom stereocenters. The highest BCUT2D eigenvalue weighted by Crippen LogP contribution is 2.28. The van der Waals surface area contributed by atoms with Crippen molar-refractivity contribution in [1.29, 1.82) is 0 Å². The summed E-state index contributed by atoms with van der Waals surface area (Å²) in [5.74, 6) is 0.239. The van der Waals surface area contributed by atoms with Gasteiger partial charge < -0.3 is 10.2 Å². The first-order valence-electron chi connectivity index (χ1n) is 6.99. The van der Waals surface area contributed by atoms with Crippen molar-refractivity contribution >= 4 is 27.5 Å². The van der Waals surface area contributed by atoms with Crippen LogP contribution in [0.1, 0.15) is 31.2 Å². The lowest BCUT2D eigenvalue weighted by Crippen LogP contribution is -2.51. The quantitative estimate of drug-likeness (QED) is 0.927. The standard InChI is InChI=1S/C15H19BrN2O/c1-10-9-11(16)4-7-14(10)18-8-2-3-13(15(18)19)17-12-5-6-12/h4,7,9,12-13,17H,2-3,5-6,8H2,1H3. The first-order valence-corrected chi connectivity index (χ1v) is 7.78. The van der Waals surface area contributed by atoms with Crippen molar-refractivity contribution in [2.24, 2.45) is 0 Å². The molecule has 1 saturated carbocycles. The fourth-order valence-corrected chi connectivity index (χ4v) is 3.20. The molecular weight excluding hydrogens is 304 g/mol. The Kier molecular flexibility index (Phi) is 3.63. The fraction of sp³-hybridized carbons (Fsp3) is 0.533. The number of rotatable bonds is 3. The summed E-state index contributed by atoms with van der Waals surface area (Å²) >= 11 is 3.47. The van der Waals surface area contributed by atoms with Crippen molar-refractivity contribution in [1.82, 2.24) is 5.32 Å². The lowest BCUT2D eigenvalue weighted by atomic mass is 10.0. The minimum absolute atomic E-state index is 0.0179. The van der Waals surface area contributed by atoms with E-state index >= 15 is 0 Å². The number of nitrogens with one attached hydrogen (secondary N) is 1. The van der Waals surface area contributed by atoms with Crippen LogP contribution in [0, 0.1) is 6.92 Å². The van der Waals surface area contributed by atoms with E-state index in [0.717, 1.165) is 35.1 Å². The van der Waals surface area contributed by atoms with Crippen LogP contribution in [0.4, 0.5) is 5.69 Å². The molecule has 1 N–H and O–H groups in total.